The van der Waals surface area contributed by atoms with Crippen molar-refractivity contribution in [3.8, 4) is 5.75 Å². The molecular weight excluding hydrogens is 338 g/mol. The summed E-state index contributed by atoms with van der Waals surface area (Å²) in [6, 6.07) is 7.85. The van der Waals surface area contributed by atoms with E-state index in [0.29, 0.717) is 18.1 Å². The van der Waals surface area contributed by atoms with Crippen molar-refractivity contribution in [3.63, 3.8) is 0 Å². The largest absolute Gasteiger partial charge is 0.491 e. The molecule has 0 saturated heterocycles. The van der Waals surface area contributed by atoms with E-state index in [4.69, 9.17) is 16.3 Å². The number of aryl methyl sites for hydroxylation is 2. The van der Waals surface area contributed by atoms with E-state index >= 15 is 0 Å². The van der Waals surface area contributed by atoms with Crippen molar-refractivity contribution in [3.05, 3.63) is 46.2 Å². The van der Waals surface area contributed by atoms with Crippen molar-refractivity contribution in [2.75, 3.05) is 19.7 Å². The minimum absolute atomic E-state index is 0.473. The summed E-state index contributed by atoms with van der Waals surface area (Å²) in [6.07, 6.45) is 1.26. The molecule has 0 spiro atoms. The lowest BCUT2D eigenvalue weighted by molar-refractivity contribution is 0.167. The standard InChI is InChI=1S/C19H26ClN3O2/c1-3-18(24)17-12-15-13-22(7-4-8-23(15)21-17)9-10-25-19-11-14(2)5-6-16(19)20/h5-6,11-12,18,24H,3-4,7-10,13H2,1-2H3/t18-/m0/s1. The Bertz CT molecular complexity index is 717. The van der Waals surface area contributed by atoms with Crippen molar-refractivity contribution in [2.45, 2.75) is 45.9 Å². The quantitative estimate of drug-likeness (QED) is 0.852. The van der Waals surface area contributed by atoms with Crippen molar-refractivity contribution in [1.82, 2.24) is 14.7 Å². The molecule has 5 nitrogen and oxygen atoms in total. The number of nitrogens with zero attached hydrogens (tertiary/aromatic N) is 3. The summed E-state index contributed by atoms with van der Waals surface area (Å²) in [4.78, 5) is 2.37. The maximum absolute atomic E-state index is 10.0. The molecule has 3 rings (SSSR count). The molecule has 0 unspecified atom stereocenters. The fraction of sp³-hybridized carbons (Fsp3) is 0.526. The second-order valence-corrected chi connectivity index (χ2v) is 7.03. The van der Waals surface area contributed by atoms with Gasteiger partial charge in [0.1, 0.15) is 12.4 Å². The molecule has 0 fully saturated rings. The van der Waals surface area contributed by atoms with Crippen LogP contribution in [0.4, 0.5) is 0 Å². The molecule has 1 aliphatic heterocycles. The van der Waals surface area contributed by atoms with E-state index in [1.165, 1.54) is 0 Å². The minimum atomic E-state index is -0.473. The van der Waals surface area contributed by atoms with Gasteiger partial charge in [0.15, 0.2) is 0 Å². The van der Waals surface area contributed by atoms with Crippen LogP contribution in [0.25, 0.3) is 0 Å². The van der Waals surface area contributed by atoms with Crippen LogP contribution in [0.15, 0.2) is 24.3 Å². The summed E-state index contributed by atoms with van der Waals surface area (Å²) < 4.78 is 7.91. The molecular formula is C19H26ClN3O2. The molecule has 0 radical (unpaired) electrons. The van der Waals surface area contributed by atoms with E-state index in [1.807, 2.05) is 42.8 Å². The molecule has 2 heterocycles. The Hall–Kier alpha value is -1.56. The average Bonchev–Trinajstić information content (AvgIpc) is 2.90. The monoisotopic (exact) mass is 363 g/mol. The van der Waals surface area contributed by atoms with Gasteiger partial charge in [-0.15, -0.1) is 0 Å². The summed E-state index contributed by atoms with van der Waals surface area (Å²) in [5.74, 6) is 0.745. The average molecular weight is 364 g/mol. The van der Waals surface area contributed by atoms with Crippen LogP contribution in [-0.2, 0) is 13.1 Å². The first-order valence-corrected chi connectivity index (χ1v) is 9.30. The first-order valence-electron chi connectivity index (χ1n) is 8.93. The van der Waals surface area contributed by atoms with Crippen LogP contribution < -0.4 is 4.74 Å². The van der Waals surface area contributed by atoms with Gasteiger partial charge in [0.05, 0.1) is 22.5 Å². The number of hydrogen-bond acceptors (Lipinski definition) is 4. The Morgan fingerprint density at radius 2 is 2.16 bits per heavy atom. The third-order valence-corrected chi connectivity index (χ3v) is 4.90. The number of hydrogen-bond donors (Lipinski definition) is 1. The van der Waals surface area contributed by atoms with Gasteiger partial charge in [-0.05, 0) is 43.5 Å². The normalized spacial score (nSPS) is 16.3. The minimum Gasteiger partial charge on any atom is -0.491 e. The van der Waals surface area contributed by atoms with E-state index in [9.17, 15) is 5.11 Å². The van der Waals surface area contributed by atoms with Gasteiger partial charge in [-0.2, -0.15) is 5.10 Å². The second kappa shape index (κ2) is 8.21. The molecule has 0 amide bonds. The number of aromatic nitrogens is 2. The Labute approximate surface area is 154 Å². The van der Waals surface area contributed by atoms with Crippen LogP contribution in [0.5, 0.6) is 5.75 Å². The SMILES string of the molecule is CC[C@H](O)c1cc2n(n1)CCCN(CCOc1cc(C)ccc1Cl)C2. The maximum Gasteiger partial charge on any atom is 0.138 e. The number of ether oxygens (including phenoxy) is 1. The highest BCUT2D eigenvalue weighted by atomic mass is 35.5. The molecule has 1 aromatic carbocycles. The molecule has 1 atom stereocenters. The van der Waals surface area contributed by atoms with E-state index in [0.717, 1.165) is 55.3 Å². The molecule has 6 heteroatoms. The number of benzene rings is 1. The fourth-order valence-corrected chi connectivity index (χ4v) is 3.29. The van der Waals surface area contributed by atoms with Gasteiger partial charge in [0.25, 0.3) is 0 Å². The van der Waals surface area contributed by atoms with Crippen molar-refractivity contribution < 1.29 is 9.84 Å². The lowest BCUT2D eigenvalue weighted by Gasteiger charge is -2.20. The number of fused-ring (bicyclic) bond motifs is 1. The molecule has 25 heavy (non-hydrogen) atoms. The number of aliphatic hydroxyl groups excluding tert-OH is 1. The fourth-order valence-electron chi connectivity index (χ4n) is 3.12. The maximum atomic E-state index is 10.0. The number of aliphatic hydroxyl groups is 1. The predicted molar refractivity (Wildman–Crippen MR) is 99.1 cm³/mol. The van der Waals surface area contributed by atoms with Crippen molar-refractivity contribution >= 4 is 11.6 Å². The summed E-state index contributed by atoms with van der Waals surface area (Å²) in [5.41, 5.74) is 3.08. The Morgan fingerprint density at radius 1 is 1.32 bits per heavy atom. The molecule has 1 aliphatic rings. The summed E-state index contributed by atoms with van der Waals surface area (Å²) in [7, 11) is 0. The topological polar surface area (TPSA) is 50.5 Å². The summed E-state index contributed by atoms with van der Waals surface area (Å²) >= 11 is 6.18. The van der Waals surface area contributed by atoms with Crippen molar-refractivity contribution in [2.24, 2.45) is 0 Å². The molecule has 0 saturated carbocycles. The van der Waals surface area contributed by atoms with Crippen molar-refractivity contribution in [1.29, 1.82) is 0 Å². The van der Waals surface area contributed by atoms with Gasteiger partial charge in [-0.3, -0.25) is 9.58 Å². The van der Waals surface area contributed by atoms with E-state index in [-0.39, 0.29) is 0 Å². The summed E-state index contributed by atoms with van der Waals surface area (Å²) in [6.45, 7) is 8.17. The number of rotatable bonds is 6. The van der Waals surface area contributed by atoms with Gasteiger partial charge in [-0.25, -0.2) is 0 Å². The highest BCUT2D eigenvalue weighted by Gasteiger charge is 2.19. The molecule has 1 aromatic heterocycles. The molecule has 0 aliphatic carbocycles. The van der Waals surface area contributed by atoms with Crippen LogP contribution in [0.3, 0.4) is 0 Å². The zero-order chi connectivity index (χ0) is 17.8. The van der Waals surface area contributed by atoms with E-state index in [1.54, 1.807) is 0 Å². The third-order valence-electron chi connectivity index (χ3n) is 4.59. The highest BCUT2D eigenvalue weighted by molar-refractivity contribution is 6.32. The second-order valence-electron chi connectivity index (χ2n) is 6.62. The van der Waals surface area contributed by atoms with Crippen LogP contribution in [-0.4, -0.2) is 39.5 Å². The number of halogens is 1. The predicted octanol–water partition coefficient (Wildman–Crippen LogP) is 3.57. The lowest BCUT2D eigenvalue weighted by atomic mass is 10.2. The highest BCUT2D eigenvalue weighted by Crippen LogP contribution is 2.25. The van der Waals surface area contributed by atoms with Crippen LogP contribution in [0, 0.1) is 6.92 Å². The van der Waals surface area contributed by atoms with Gasteiger partial charge >= 0.3 is 0 Å². The van der Waals surface area contributed by atoms with E-state index < -0.39 is 6.10 Å². The molecule has 1 N–H and O–H groups in total. The third kappa shape index (κ3) is 4.54. The smallest absolute Gasteiger partial charge is 0.138 e. The van der Waals surface area contributed by atoms with Gasteiger partial charge in [0.2, 0.25) is 0 Å². The van der Waals surface area contributed by atoms with Crippen LogP contribution in [0.1, 0.15) is 42.8 Å². The van der Waals surface area contributed by atoms with Gasteiger partial charge in [-0.1, -0.05) is 24.6 Å². The molecule has 0 bridgehead atoms. The molecule has 2 aromatic rings. The van der Waals surface area contributed by atoms with Gasteiger partial charge in [0, 0.05) is 26.2 Å². The van der Waals surface area contributed by atoms with Gasteiger partial charge < -0.3 is 9.84 Å². The zero-order valence-corrected chi connectivity index (χ0v) is 15.7. The molecule has 136 valence electrons. The zero-order valence-electron chi connectivity index (χ0n) is 14.9. The first kappa shape index (κ1) is 18.2. The van der Waals surface area contributed by atoms with Crippen LogP contribution >= 0.6 is 11.6 Å². The first-order chi connectivity index (χ1) is 12.1. The van der Waals surface area contributed by atoms with Crippen LogP contribution in [0.2, 0.25) is 5.02 Å². The Kier molecular flexibility index (Phi) is 5.99. The Balaban J connectivity index is 1.58. The lowest BCUT2D eigenvalue weighted by Crippen LogP contribution is -2.28. The van der Waals surface area contributed by atoms with E-state index in [2.05, 4.69) is 10.00 Å². The Morgan fingerprint density at radius 3 is 2.96 bits per heavy atom. The summed E-state index contributed by atoms with van der Waals surface area (Å²) in [5, 5.41) is 15.2.